The lowest BCUT2D eigenvalue weighted by atomic mass is 9.86. The lowest BCUT2D eigenvalue weighted by Gasteiger charge is -2.21. The first kappa shape index (κ1) is 16.2. The van der Waals surface area contributed by atoms with Crippen molar-refractivity contribution in [2.24, 2.45) is 17.6 Å². The van der Waals surface area contributed by atoms with E-state index in [4.69, 9.17) is 5.73 Å². The number of halogens is 1. The Labute approximate surface area is 117 Å². The molecule has 0 radical (unpaired) electrons. The van der Waals surface area contributed by atoms with Crippen LogP contribution in [-0.4, -0.2) is 6.54 Å². The van der Waals surface area contributed by atoms with Gasteiger partial charge in [0.25, 0.3) is 0 Å². The van der Waals surface area contributed by atoms with Gasteiger partial charge in [-0.25, -0.2) is 4.39 Å². The summed E-state index contributed by atoms with van der Waals surface area (Å²) in [5.41, 5.74) is 7.67. The van der Waals surface area contributed by atoms with Crippen LogP contribution in [0.4, 0.5) is 4.39 Å². The van der Waals surface area contributed by atoms with Crippen molar-refractivity contribution >= 4 is 0 Å². The lowest BCUT2D eigenvalue weighted by Crippen LogP contribution is -2.14. The zero-order chi connectivity index (χ0) is 14.6. The average molecular weight is 265 g/mol. The SMILES string of the molecule is CC(C)C(C)Cc1ccc(C(C)(C)F)cc1CCN. The molecule has 0 amide bonds. The van der Waals surface area contributed by atoms with E-state index in [0.29, 0.717) is 18.4 Å². The van der Waals surface area contributed by atoms with Crippen LogP contribution in [0.2, 0.25) is 0 Å². The van der Waals surface area contributed by atoms with Crippen molar-refractivity contribution in [3.63, 3.8) is 0 Å². The van der Waals surface area contributed by atoms with E-state index in [0.717, 1.165) is 18.4 Å². The Balaban J connectivity index is 3.04. The van der Waals surface area contributed by atoms with Crippen LogP contribution < -0.4 is 5.73 Å². The summed E-state index contributed by atoms with van der Waals surface area (Å²) in [6.07, 6.45) is 1.87. The number of benzene rings is 1. The van der Waals surface area contributed by atoms with Gasteiger partial charge in [0.1, 0.15) is 5.67 Å². The minimum Gasteiger partial charge on any atom is -0.330 e. The molecule has 0 aromatic heterocycles. The fourth-order valence-corrected chi connectivity index (χ4v) is 2.17. The standard InChI is InChI=1S/C17H28FN/c1-12(2)13(3)10-14-6-7-16(17(4,5)18)11-15(14)8-9-19/h6-7,11-13H,8-10,19H2,1-5H3. The lowest BCUT2D eigenvalue weighted by molar-refractivity contribution is 0.221. The number of rotatable bonds is 6. The molecule has 0 fully saturated rings. The van der Waals surface area contributed by atoms with Gasteiger partial charge in [0.05, 0.1) is 0 Å². The Morgan fingerprint density at radius 3 is 2.26 bits per heavy atom. The normalized spacial score (nSPS) is 13.9. The van der Waals surface area contributed by atoms with Crippen LogP contribution in [-0.2, 0) is 18.5 Å². The molecule has 0 bridgehead atoms. The fraction of sp³-hybridized carbons (Fsp3) is 0.647. The molecule has 1 atom stereocenters. The third-order valence-corrected chi connectivity index (χ3v) is 3.99. The second-order valence-corrected chi connectivity index (χ2v) is 6.42. The second kappa shape index (κ2) is 6.51. The number of hydrogen-bond donors (Lipinski definition) is 1. The Hall–Kier alpha value is -0.890. The highest BCUT2D eigenvalue weighted by Crippen LogP contribution is 2.28. The molecular formula is C17H28FN. The van der Waals surface area contributed by atoms with Gasteiger partial charge in [0, 0.05) is 0 Å². The van der Waals surface area contributed by atoms with Gasteiger partial charge in [-0.2, -0.15) is 0 Å². The van der Waals surface area contributed by atoms with E-state index in [-0.39, 0.29) is 0 Å². The highest BCUT2D eigenvalue weighted by atomic mass is 19.1. The van der Waals surface area contributed by atoms with Gasteiger partial charge in [-0.05, 0) is 61.8 Å². The van der Waals surface area contributed by atoms with Crippen LogP contribution in [0.3, 0.4) is 0 Å². The van der Waals surface area contributed by atoms with Crippen LogP contribution >= 0.6 is 0 Å². The Morgan fingerprint density at radius 2 is 1.79 bits per heavy atom. The molecule has 0 spiro atoms. The maximum Gasteiger partial charge on any atom is 0.130 e. The van der Waals surface area contributed by atoms with Gasteiger partial charge < -0.3 is 5.73 Å². The zero-order valence-electron chi connectivity index (χ0n) is 13.0. The van der Waals surface area contributed by atoms with Crippen LogP contribution in [0, 0.1) is 11.8 Å². The third kappa shape index (κ3) is 4.61. The first-order chi connectivity index (χ1) is 8.75. The topological polar surface area (TPSA) is 26.0 Å². The predicted octanol–water partition coefficient (Wildman–Crippen LogP) is 4.23. The van der Waals surface area contributed by atoms with Crippen molar-refractivity contribution in [1.82, 2.24) is 0 Å². The van der Waals surface area contributed by atoms with E-state index in [1.54, 1.807) is 13.8 Å². The summed E-state index contributed by atoms with van der Waals surface area (Å²) in [6.45, 7) is 10.6. The van der Waals surface area contributed by atoms with E-state index in [1.807, 2.05) is 12.1 Å². The molecule has 0 saturated heterocycles. The van der Waals surface area contributed by atoms with E-state index < -0.39 is 5.67 Å². The van der Waals surface area contributed by atoms with Gasteiger partial charge in [0.2, 0.25) is 0 Å². The number of hydrogen-bond acceptors (Lipinski definition) is 1. The van der Waals surface area contributed by atoms with Gasteiger partial charge in [-0.3, -0.25) is 0 Å². The molecule has 108 valence electrons. The fourth-order valence-electron chi connectivity index (χ4n) is 2.17. The average Bonchev–Trinajstić information content (AvgIpc) is 2.30. The second-order valence-electron chi connectivity index (χ2n) is 6.42. The van der Waals surface area contributed by atoms with Crippen LogP contribution in [0.15, 0.2) is 18.2 Å². The van der Waals surface area contributed by atoms with Crippen LogP contribution in [0.5, 0.6) is 0 Å². The molecule has 1 rings (SSSR count). The first-order valence-electron chi connectivity index (χ1n) is 7.27. The molecule has 0 aliphatic rings. The largest absolute Gasteiger partial charge is 0.330 e. The van der Waals surface area contributed by atoms with Crippen molar-refractivity contribution in [3.8, 4) is 0 Å². The molecule has 0 aliphatic heterocycles. The van der Waals surface area contributed by atoms with E-state index in [1.165, 1.54) is 11.1 Å². The highest BCUT2D eigenvalue weighted by molar-refractivity contribution is 5.35. The van der Waals surface area contributed by atoms with Crippen molar-refractivity contribution in [2.75, 3.05) is 6.54 Å². The summed E-state index contributed by atoms with van der Waals surface area (Å²) in [5, 5.41) is 0. The number of nitrogens with two attached hydrogens (primary N) is 1. The number of alkyl halides is 1. The van der Waals surface area contributed by atoms with Crippen molar-refractivity contribution in [2.45, 2.75) is 53.1 Å². The van der Waals surface area contributed by atoms with Crippen molar-refractivity contribution in [1.29, 1.82) is 0 Å². The maximum atomic E-state index is 14.0. The molecule has 19 heavy (non-hydrogen) atoms. The molecular weight excluding hydrogens is 237 g/mol. The maximum absolute atomic E-state index is 14.0. The minimum atomic E-state index is -1.29. The smallest absolute Gasteiger partial charge is 0.130 e. The molecule has 0 heterocycles. The Kier molecular flexibility index (Phi) is 5.54. The van der Waals surface area contributed by atoms with E-state index >= 15 is 0 Å². The molecule has 0 saturated carbocycles. The van der Waals surface area contributed by atoms with Gasteiger partial charge in [0.15, 0.2) is 0 Å². The van der Waals surface area contributed by atoms with Crippen LogP contribution in [0.1, 0.15) is 51.3 Å². The minimum absolute atomic E-state index is 0.610. The summed E-state index contributed by atoms with van der Waals surface area (Å²) in [6, 6.07) is 6.00. The van der Waals surface area contributed by atoms with Gasteiger partial charge in [-0.1, -0.05) is 39.0 Å². The molecule has 0 aliphatic carbocycles. The summed E-state index contributed by atoms with van der Waals surface area (Å²) < 4.78 is 14.0. The van der Waals surface area contributed by atoms with Crippen molar-refractivity contribution in [3.05, 3.63) is 34.9 Å². The molecule has 1 aromatic rings. The van der Waals surface area contributed by atoms with Crippen molar-refractivity contribution < 1.29 is 4.39 Å². The van der Waals surface area contributed by atoms with E-state index in [2.05, 4.69) is 26.8 Å². The molecule has 1 aromatic carbocycles. The zero-order valence-corrected chi connectivity index (χ0v) is 13.0. The van der Waals surface area contributed by atoms with Crippen LogP contribution in [0.25, 0.3) is 0 Å². The predicted molar refractivity (Wildman–Crippen MR) is 81.0 cm³/mol. The first-order valence-corrected chi connectivity index (χ1v) is 7.27. The third-order valence-electron chi connectivity index (χ3n) is 3.99. The molecule has 1 unspecified atom stereocenters. The van der Waals surface area contributed by atoms with E-state index in [9.17, 15) is 4.39 Å². The van der Waals surface area contributed by atoms with Gasteiger partial charge in [-0.15, -0.1) is 0 Å². The summed E-state index contributed by atoms with van der Waals surface area (Å²) in [4.78, 5) is 0. The molecule has 1 nitrogen and oxygen atoms in total. The molecule has 2 heteroatoms. The summed E-state index contributed by atoms with van der Waals surface area (Å²) in [7, 11) is 0. The quantitative estimate of drug-likeness (QED) is 0.818. The Bertz CT molecular complexity index is 404. The summed E-state index contributed by atoms with van der Waals surface area (Å²) in [5.74, 6) is 1.28. The molecule has 2 N–H and O–H groups in total. The summed E-state index contributed by atoms with van der Waals surface area (Å²) >= 11 is 0. The Morgan fingerprint density at radius 1 is 1.16 bits per heavy atom. The highest BCUT2D eigenvalue weighted by Gasteiger charge is 2.20. The van der Waals surface area contributed by atoms with Gasteiger partial charge >= 0.3 is 0 Å². The monoisotopic (exact) mass is 265 g/mol.